The van der Waals surface area contributed by atoms with Crippen LogP contribution in [0.15, 0.2) is 18.5 Å². The van der Waals surface area contributed by atoms with Gasteiger partial charge in [0.25, 0.3) is 5.92 Å². The van der Waals surface area contributed by atoms with Crippen molar-refractivity contribution in [2.45, 2.75) is 18.8 Å². The van der Waals surface area contributed by atoms with Gasteiger partial charge in [-0.25, -0.2) is 18.7 Å². The van der Waals surface area contributed by atoms with Gasteiger partial charge >= 0.3 is 0 Å². The Bertz CT molecular complexity index is 684. The molecular formula is C15H17F2N3O2. The van der Waals surface area contributed by atoms with Crippen LogP contribution >= 0.6 is 0 Å². The molecule has 3 rings (SSSR count). The molecule has 1 fully saturated rings. The number of alkyl halides is 2. The van der Waals surface area contributed by atoms with Crippen LogP contribution < -0.4 is 14.4 Å². The largest absolute Gasteiger partial charge is 0.493 e. The smallest absolute Gasteiger partial charge is 0.251 e. The number of benzene rings is 1. The van der Waals surface area contributed by atoms with Crippen LogP contribution in [-0.2, 0) is 0 Å². The highest BCUT2D eigenvalue weighted by molar-refractivity contribution is 5.92. The molecular weight excluding hydrogens is 292 g/mol. The van der Waals surface area contributed by atoms with Gasteiger partial charge in [-0.2, -0.15) is 0 Å². The number of hydrogen-bond acceptors (Lipinski definition) is 5. The summed E-state index contributed by atoms with van der Waals surface area (Å²) >= 11 is 0. The van der Waals surface area contributed by atoms with Crippen molar-refractivity contribution in [2.75, 3.05) is 32.2 Å². The molecule has 22 heavy (non-hydrogen) atoms. The predicted octanol–water partition coefficient (Wildman–Crippen LogP) is 2.88. The van der Waals surface area contributed by atoms with Gasteiger partial charge in [0.1, 0.15) is 12.1 Å². The van der Waals surface area contributed by atoms with Gasteiger partial charge in [-0.15, -0.1) is 0 Å². The van der Waals surface area contributed by atoms with E-state index in [2.05, 4.69) is 9.97 Å². The van der Waals surface area contributed by atoms with Crippen LogP contribution in [0.1, 0.15) is 12.8 Å². The molecule has 0 spiro atoms. The second kappa shape index (κ2) is 5.55. The number of anilines is 1. The van der Waals surface area contributed by atoms with E-state index in [1.807, 2.05) is 4.90 Å². The van der Waals surface area contributed by atoms with Crippen molar-refractivity contribution < 1.29 is 18.3 Å². The maximum atomic E-state index is 13.3. The molecule has 1 aromatic heterocycles. The SMILES string of the molecule is COc1cc2ncnc(N3CCC(F)(F)CC3)c2cc1OC. The Balaban J connectivity index is 2.03. The lowest BCUT2D eigenvalue weighted by molar-refractivity contribution is -0.0221. The zero-order chi connectivity index (χ0) is 15.7. The molecule has 0 N–H and O–H groups in total. The first-order chi connectivity index (χ1) is 10.5. The van der Waals surface area contributed by atoms with E-state index in [-0.39, 0.29) is 25.9 Å². The predicted molar refractivity (Wildman–Crippen MR) is 79.0 cm³/mol. The highest BCUT2D eigenvalue weighted by atomic mass is 19.3. The Labute approximate surface area is 126 Å². The van der Waals surface area contributed by atoms with Gasteiger partial charge in [-0.3, -0.25) is 0 Å². The van der Waals surface area contributed by atoms with Gasteiger partial charge in [0, 0.05) is 37.4 Å². The van der Waals surface area contributed by atoms with Gasteiger partial charge in [0.15, 0.2) is 11.5 Å². The lowest BCUT2D eigenvalue weighted by Crippen LogP contribution is -2.39. The lowest BCUT2D eigenvalue weighted by atomic mass is 10.1. The molecule has 0 atom stereocenters. The van der Waals surface area contributed by atoms with Gasteiger partial charge in [-0.1, -0.05) is 0 Å². The molecule has 7 heteroatoms. The van der Waals surface area contributed by atoms with Crippen molar-refractivity contribution in [3.05, 3.63) is 18.5 Å². The standard InChI is InChI=1S/C15H17F2N3O2/c1-21-12-7-10-11(8-13(12)22-2)18-9-19-14(10)20-5-3-15(16,17)4-6-20/h7-9H,3-6H2,1-2H3. The minimum Gasteiger partial charge on any atom is -0.493 e. The van der Waals surface area contributed by atoms with Gasteiger partial charge in [0.05, 0.1) is 19.7 Å². The van der Waals surface area contributed by atoms with Crippen LogP contribution in [0.3, 0.4) is 0 Å². The molecule has 2 heterocycles. The number of aromatic nitrogens is 2. The third kappa shape index (κ3) is 2.63. The number of nitrogens with zero attached hydrogens (tertiary/aromatic N) is 3. The van der Waals surface area contributed by atoms with E-state index in [9.17, 15) is 8.78 Å². The van der Waals surface area contributed by atoms with E-state index in [0.29, 0.717) is 22.8 Å². The van der Waals surface area contributed by atoms with Crippen LogP contribution in [0.2, 0.25) is 0 Å². The number of hydrogen-bond donors (Lipinski definition) is 0. The Morgan fingerprint density at radius 3 is 2.32 bits per heavy atom. The van der Waals surface area contributed by atoms with Crippen LogP contribution in [-0.4, -0.2) is 43.2 Å². The average molecular weight is 309 g/mol. The molecule has 0 amide bonds. The fourth-order valence-corrected chi connectivity index (χ4v) is 2.67. The molecule has 0 radical (unpaired) electrons. The van der Waals surface area contributed by atoms with Gasteiger partial charge < -0.3 is 14.4 Å². The maximum Gasteiger partial charge on any atom is 0.251 e. The van der Waals surface area contributed by atoms with Crippen molar-refractivity contribution in [3.8, 4) is 11.5 Å². The van der Waals surface area contributed by atoms with Crippen LogP contribution in [0.4, 0.5) is 14.6 Å². The molecule has 0 aliphatic carbocycles. The molecule has 1 saturated heterocycles. The molecule has 0 unspecified atom stereocenters. The second-order valence-corrected chi connectivity index (χ2v) is 5.26. The summed E-state index contributed by atoms with van der Waals surface area (Å²) in [5.74, 6) is -0.792. The monoisotopic (exact) mass is 309 g/mol. The third-order valence-corrected chi connectivity index (χ3v) is 3.91. The van der Waals surface area contributed by atoms with E-state index in [1.54, 1.807) is 26.4 Å². The summed E-state index contributed by atoms with van der Waals surface area (Å²) in [4.78, 5) is 10.4. The van der Waals surface area contributed by atoms with Crippen molar-refractivity contribution in [2.24, 2.45) is 0 Å². The highest BCUT2D eigenvalue weighted by Gasteiger charge is 2.34. The summed E-state index contributed by atoms with van der Waals surface area (Å²) in [5, 5.41) is 0.769. The minimum absolute atomic E-state index is 0.161. The normalized spacial score (nSPS) is 17.5. The number of piperidine rings is 1. The number of ether oxygens (including phenoxy) is 2. The summed E-state index contributed by atoms with van der Waals surface area (Å²) in [6, 6.07) is 3.55. The molecule has 1 aliphatic heterocycles. The van der Waals surface area contributed by atoms with Crippen LogP contribution in [0.5, 0.6) is 11.5 Å². The molecule has 1 aliphatic rings. The molecule has 0 bridgehead atoms. The molecule has 1 aromatic carbocycles. The van der Waals surface area contributed by atoms with Crippen molar-refractivity contribution >= 4 is 16.7 Å². The number of halogens is 2. The van der Waals surface area contributed by atoms with Crippen molar-refractivity contribution in [3.63, 3.8) is 0 Å². The first kappa shape index (κ1) is 14.7. The van der Waals surface area contributed by atoms with Crippen LogP contribution in [0.25, 0.3) is 10.9 Å². The van der Waals surface area contributed by atoms with Crippen molar-refractivity contribution in [1.82, 2.24) is 9.97 Å². The summed E-state index contributed by atoms with van der Waals surface area (Å²) < 4.78 is 37.2. The zero-order valence-corrected chi connectivity index (χ0v) is 12.5. The van der Waals surface area contributed by atoms with Crippen molar-refractivity contribution in [1.29, 1.82) is 0 Å². The summed E-state index contributed by atoms with van der Waals surface area (Å²) in [7, 11) is 3.10. The summed E-state index contributed by atoms with van der Waals surface area (Å²) in [6.45, 7) is 0.543. The topological polar surface area (TPSA) is 47.5 Å². The van der Waals surface area contributed by atoms with Crippen LogP contribution in [0, 0.1) is 0 Å². The fourth-order valence-electron chi connectivity index (χ4n) is 2.67. The Morgan fingerprint density at radius 2 is 1.68 bits per heavy atom. The van der Waals surface area contributed by atoms with E-state index >= 15 is 0 Å². The number of rotatable bonds is 3. The maximum absolute atomic E-state index is 13.3. The molecule has 5 nitrogen and oxygen atoms in total. The first-order valence-electron chi connectivity index (χ1n) is 7.03. The minimum atomic E-state index is -2.58. The van der Waals surface area contributed by atoms with E-state index in [1.165, 1.54) is 6.33 Å². The first-order valence-corrected chi connectivity index (χ1v) is 7.03. The number of fused-ring (bicyclic) bond motifs is 1. The number of methoxy groups -OCH3 is 2. The lowest BCUT2D eigenvalue weighted by Gasteiger charge is -2.33. The van der Waals surface area contributed by atoms with Gasteiger partial charge in [-0.05, 0) is 6.07 Å². The molecule has 2 aromatic rings. The summed E-state index contributed by atoms with van der Waals surface area (Å²) in [6.07, 6.45) is 1.12. The average Bonchev–Trinajstić information content (AvgIpc) is 2.53. The fraction of sp³-hybridized carbons (Fsp3) is 0.467. The Kier molecular flexibility index (Phi) is 3.72. The quantitative estimate of drug-likeness (QED) is 0.872. The van der Waals surface area contributed by atoms with Gasteiger partial charge in [0.2, 0.25) is 0 Å². The van der Waals surface area contributed by atoms with E-state index in [0.717, 1.165) is 5.39 Å². The highest BCUT2D eigenvalue weighted by Crippen LogP contribution is 2.36. The summed E-state index contributed by atoms with van der Waals surface area (Å²) in [5.41, 5.74) is 0.694. The Hall–Kier alpha value is -2.18. The van der Waals surface area contributed by atoms with E-state index in [4.69, 9.17) is 9.47 Å². The third-order valence-electron chi connectivity index (χ3n) is 3.91. The Morgan fingerprint density at radius 1 is 1.05 bits per heavy atom. The zero-order valence-electron chi connectivity index (χ0n) is 12.5. The van der Waals surface area contributed by atoms with E-state index < -0.39 is 5.92 Å². The molecule has 0 saturated carbocycles. The second-order valence-electron chi connectivity index (χ2n) is 5.26. The molecule has 118 valence electrons.